The van der Waals surface area contributed by atoms with E-state index in [0.29, 0.717) is 6.61 Å². The first kappa shape index (κ1) is 20.6. The third-order valence-electron chi connectivity index (χ3n) is 3.94. The summed E-state index contributed by atoms with van der Waals surface area (Å²) < 4.78 is 41.3. The summed E-state index contributed by atoms with van der Waals surface area (Å²) >= 11 is 0. The molecule has 0 N–H and O–H groups in total. The van der Waals surface area contributed by atoms with E-state index in [2.05, 4.69) is 0 Å². The third-order valence-corrected chi connectivity index (χ3v) is 5.70. The molecular formula is C19H26O6S. The zero-order chi connectivity index (χ0) is 19.4. The van der Waals surface area contributed by atoms with Gasteiger partial charge in [0.15, 0.2) is 15.6 Å². The van der Waals surface area contributed by atoms with Gasteiger partial charge in [-0.3, -0.25) is 4.79 Å². The number of sulfone groups is 1. The standard InChI is InChI=1S/C19H26O6S/c1-14-5-9-18(10-6-14)26(21,22)12-11-16(24-15(2)20)7-8-17-13-23-19(3,4)25-17/h5-10,16-17H,11-13H2,1-4H3/b8-7+/t16-,17-/m0/s1. The van der Waals surface area contributed by atoms with Gasteiger partial charge in [0, 0.05) is 13.3 Å². The van der Waals surface area contributed by atoms with Crippen molar-refractivity contribution in [1.29, 1.82) is 0 Å². The molecule has 1 aliphatic heterocycles. The van der Waals surface area contributed by atoms with Crippen molar-refractivity contribution in [1.82, 2.24) is 0 Å². The van der Waals surface area contributed by atoms with Crippen molar-refractivity contribution < 1.29 is 27.4 Å². The highest BCUT2D eigenvalue weighted by Gasteiger charge is 2.31. The first-order valence-electron chi connectivity index (χ1n) is 8.54. The molecule has 1 saturated heterocycles. The van der Waals surface area contributed by atoms with Gasteiger partial charge in [-0.2, -0.15) is 0 Å². The molecule has 1 heterocycles. The van der Waals surface area contributed by atoms with E-state index in [9.17, 15) is 13.2 Å². The fraction of sp³-hybridized carbons (Fsp3) is 0.526. The lowest BCUT2D eigenvalue weighted by molar-refractivity contribution is -0.144. The Bertz CT molecular complexity index is 749. The second-order valence-electron chi connectivity index (χ2n) is 6.82. The van der Waals surface area contributed by atoms with Crippen molar-refractivity contribution >= 4 is 15.8 Å². The van der Waals surface area contributed by atoms with Gasteiger partial charge in [-0.25, -0.2) is 8.42 Å². The van der Waals surface area contributed by atoms with E-state index in [1.165, 1.54) is 6.92 Å². The molecule has 0 saturated carbocycles. The maximum atomic E-state index is 12.5. The molecule has 6 nitrogen and oxygen atoms in total. The second-order valence-corrected chi connectivity index (χ2v) is 8.93. The summed E-state index contributed by atoms with van der Waals surface area (Å²) in [5.41, 5.74) is 0.992. The molecule has 144 valence electrons. The number of aryl methyl sites for hydroxylation is 1. The van der Waals surface area contributed by atoms with Crippen LogP contribution in [0.4, 0.5) is 0 Å². The lowest BCUT2D eigenvalue weighted by atomic mass is 10.2. The van der Waals surface area contributed by atoms with Gasteiger partial charge in [0.05, 0.1) is 17.3 Å². The van der Waals surface area contributed by atoms with Crippen molar-refractivity contribution in [3.63, 3.8) is 0 Å². The summed E-state index contributed by atoms with van der Waals surface area (Å²) in [4.78, 5) is 11.6. The largest absolute Gasteiger partial charge is 0.458 e. The van der Waals surface area contributed by atoms with Crippen LogP contribution in [0.1, 0.15) is 32.8 Å². The van der Waals surface area contributed by atoms with Crippen LogP contribution in [-0.2, 0) is 28.8 Å². The van der Waals surface area contributed by atoms with Crippen LogP contribution in [0.25, 0.3) is 0 Å². The molecular weight excluding hydrogens is 356 g/mol. The van der Waals surface area contributed by atoms with E-state index < -0.39 is 27.7 Å². The second kappa shape index (κ2) is 8.33. The molecule has 1 aromatic rings. The van der Waals surface area contributed by atoms with Gasteiger partial charge >= 0.3 is 5.97 Å². The molecule has 0 aromatic heterocycles. The first-order valence-corrected chi connectivity index (χ1v) is 10.2. The van der Waals surface area contributed by atoms with E-state index in [0.717, 1.165) is 5.56 Å². The fourth-order valence-electron chi connectivity index (χ4n) is 2.60. The Labute approximate surface area is 155 Å². The Balaban J connectivity index is 2.01. The highest BCUT2D eigenvalue weighted by Crippen LogP contribution is 2.23. The van der Waals surface area contributed by atoms with Gasteiger partial charge in [-0.1, -0.05) is 23.8 Å². The molecule has 0 unspecified atom stereocenters. The third kappa shape index (κ3) is 6.23. The van der Waals surface area contributed by atoms with Crippen LogP contribution in [0.15, 0.2) is 41.3 Å². The summed E-state index contributed by atoms with van der Waals surface area (Å²) in [7, 11) is -3.44. The average molecular weight is 382 g/mol. The number of ether oxygens (including phenoxy) is 3. The topological polar surface area (TPSA) is 78.9 Å². The molecule has 26 heavy (non-hydrogen) atoms. The van der Waals surface area contributed by atoms with Crippen molar-refractivity contribution in [2.24, 2.45) is 0 Å². The number of esters is 1. The Morgan fingerprint density at radius 3 is 2.54 bits per heavy atom. The van der Waals surface area contributed by atoms with Crippen molar-refractivity contribution in [2.75, 3.05) is 12.4 Å². The van der Waals surface area contributed by atoms with Crippen LogP contribution in [-0.4, -0.2) is 44.7 Å². The van der Waals surface area contributed by atoms with Crippen LogP contribution in [0.2, 0.25) is 0 Å². The zero-order valence-corrected chi connectivity index (χ0v) is 16.4. The van der Waals surface area contributed by atoms with Crippen LogP contribution in [0.5, 0.6) is 0 Å². The van der Waals surface area contributed by atoms with Crippen LogP contribution in [0, 0.1) is 6.92 Å². The number of hydrogen-bond donors (Lipinski definition) is 0. The molecule has 1 fully saturated rings. The zero-order valence-electron chi connectivity index (χ0n) is 15.6. The molecule has 2 rings (SSSR count). The van der Waals surface area contributed by atoms with Gasteiger partial charge < -0.3 is 14.2 Å². The maximum absolute atomic E-state index is 12.5. The average Bonchev–Trinajstić information content (AvgIpc) is 2.89. The number of benzene rings is 1. The van der Waals surface area contributed by atoms with Crippen molar-refractivity contribution in [3.05, 3.63) is 42.0 Å². The SMILES string of the molecule is CC(=O)O[C@@H](/C=C/[C@H]1COC(C)(C)O1)CCS(=O)(=O)c1ccc(C)cc1. The molecule has 1 aliphatic rings. The number of carbonyl (C=O) groups excluding carboxylic acids is 1. The predicted molar refractivity (Wildman–Crippen MR) is 97.4 cm³/mol. The summed E-state index contributed by atoms with van der Waals surface area (Å²) in [5, 5.41) is 0. The van der Waals surface area contributed by atoms with Crippen LogP contribution >= 0.6 is 0 Å². The number of hydrogen-bond acceptors (Lipinski definition) is 6. The lowest BCUT2D eigenvalue weighted by Gasteiger charge is -2.16. The number of rotatable bonds is 7. The van der Waals surface area contributed by atoms with Gasteiger partial charge in [0.25, 0.3) is 0 Å². The number of carbonyl (C=O) groups is 1. The predicted octanol–water partition coefficient (Wildman–Crippen LogP) is 2.80. The first-order chi connectivity index (χ1) is 12.1. The highest BCUT2D eigenvalue weighted by atomic mass is 32.2. The minimum atomic E-state index is -3.44. The minimum Gasteiger partial charge on any atom is -0.458 e. The summed E-state index contributed by atoms with van der Waals surface area (Å²) in [6.45, 7) is 7.23. The summed E-state index contributed by atoms with van der Waals surface area (Å²) in [6.07, 6.45) is 2.70. The van der Waals surface area contributed by atoms with Crippen LogP contribution < -0.4 is 0 Å². The molecule has 0 amide bonds. The maximum Gasteiger partial charge on any atom is 0.303 e. The van der Waals surface area contributed by atoms with E-state index in [4.69, 9.17) is 14.2 Å². The molecule has 0 radical (unpaired) electrons. The molecule has 1 aromatic carbocycles. The van der Waals surface area contributed by atoms with Gasteiger partial charge in [-0.15, -0.1) is 0 Å². The summed E-state index contributed by atoms with van der Waals surface area (Å²) in [5.74, 6) is -1.23. The van der Waals surface area contributed by atoms with Crippen molar-refractivity contribution in [2.45, 2.75) is 57.0 Å². The van der Waals surface area contributed by atoms with Gasteiger partial charge in [0.2, 0.25) is 0 Å². The van der Waals surface area contributed by atoms with E-state index >= 15 is 0 Å². The van der Waals surface area contributed by atoms with Crippen molar-refractivity contribution in [3.8, 4) is 0 Å². The fourth-order valence-corrected chi connectivity index (χ4v) is 3.93. The Hall–Kier alpha value is -1.70. The van der Waals surface area contributed by atoms with Gasteiger partial charge in [-0.05, 0) is 39.0 Å². The van der Waals surface area contributed by atoms with E-state index in [-0.39, 0.29) is 23.2 Å². The quantitative estimate of drug-likeness (QED) is 0.533. The van der Waals surface area contributed by atoms with Crippen LogP contribution in [0.3, 0.4) is 0 Å². The molecule has 2 atom stereocenters. The minimum absolute atomic E-state index is 0.119. The monoisotopic (exact) mass is 382 g/mol. The highest BCUT2D eigenvalue weighted by molar-refractivity contribution is 7.91. The Morgan fingerprint density at radius 2 is 2.00 bits per heavy atom. The van der Waals surface area contributed by atoms with E-state index in [1.54, 1.807) is 36.4 Å². The molecule has 7 heteroatoms. The molecule has 0 aliphatic carbocycles. The summed E-state index contributed by atoms with van der Waals surface area (Å²) in [6, 6.07) is 6.70. The van der Waals surface area contributed by atoms with E-state index in [1.807, 2.05) is 20.8 Å². The smallest absolute Gasteiger partial charge is 0.303 e. The lowest BCUT2D eigenvalue weighted by Crippen LogP contribution is -2.22. The van der Waals surface area contributed by atoms with Gasteiger partial charge in [0.1, 0.15) is 12.2 Å². The Morgan fingerprint density at radius 1 is 1.35 bits per heavy atom. The molecule has 0 bridgehead atoms. The molecule has 0 spiro atoms. The normalized spacial score (nSPS) is 21.0. The Kier molecular flexibility index (Phi) is 6.60.